The third-order valence-corrected chi connectivity index (χ3v) is 1.75. The first-order valence-corrected chi connectivity index (χ1v) is 4.67. The zero-order valence-electron chi connectivity index (χ0n) is 8.83. The molecular formula is C10H18NO2+. The Hall–Kier alpha value is -0.990. The van der Waals surface area contributed by atoms with Gasteiger partial charge >= 0.3 is 12.3 Å². The van der Waals surface area contributed by atoms with E-state index < -0.39 is 0 Å². The summed E-state index contributed by atoms with van der Waals surface area (Å²) in [7, 11) is 0. The SMILES string of the molecule is CCCOc1c[n+](C(C)(C)C)co1. The van der Waals surface area contributed by atoms with E-state index in [1.165, 1.54) is 0 Å². The summed E-state index contributed by atoms with van der Waals surface area (Å²) in [6, 6.07) is 0. The van der Waals surface area contributed by atoms with Gasteiger partial charge in [-0.25, -0.2) is 0 Å². The van der Waals surface area contributed by atoms with Crippen LogP contribution in [-0.2, 0) is 5.54 Å². The topological polar surface area (TPSA) is 26.2 Å². The molecule has 0 aromatic carbocycles. The van der Waals surface area contributed by atoms with Crippen molar-refractivity contribution in [2.24, 2.45) is 0 Å². The molecule has 1 aromatic rings. The maximum atomic E-state index is 5.34. The molecule has 0 fully saturated rings. The van der Waals surface area contributed by atoms with Gasteiger partial charge in [0.15, 0.2) is 5.54 Å². The van der Waals surface area contributed by atoms with Gasteiger partial charge < -0.3 is 9.15 Å². The first kappa shape index (κ1) is 10.1. The average molecular weight is 184 g/mol. The molecule has 74 valence electrons. The fraction of sp³-hybridized carbons (Fsp3) is 0.700. The highest BCUT2D eigenvalue weighted by molar-refractivity contribution is 4.90. The van der Waals surface area contributed by atoms with E-state index in [1.54, 1.807) is 6.39 Å². The van der Waals surface area contributed by atoms with Gasteiger partial charge in [0, 0.05) is 20.8 Å². The Morgan fingerprint density at radius 1 is 1.46 bits per heavy atom. The van der Waals surface area contributed by atoms with Crippen molar-refractivity contribution in [2.45, 2.75) is 39.7 Å². The third-order valence-electron chi connectivity index (χ3n) is 1.75. The minimum atomic E-state index is 0.0529. The minimum absolute atomic E-state index is 0.0529. The second-order valence-corrected chi connectivity index (χ2v) is 4.10. The highest BCUT2D eigenvalue weighted by Crippen LogP contribution is 2.11. The maximum Gasteiger partial charge on any atom is 0.356 e. The van der Waals surface area contributed by atoms with Gasteiger partial charge in [0.05, 0.1) is 6.61 Å². The van der Waals surface area contributed by atoms with Crippen molar-refractivity contribution in [2.75, 3.05) is 6.61 Å². The Bertz CT molecular complexity index is 260. The fourth-order valence-corrected chi connectivity index (χ4v) is 0.909. The Balaban J connectivity index is 2.64. The summed E-state index contributed by atoms with van der Waals surface area (Å²) in [5, 5.41) is 0. The molecule has 0 saturated heterocycles. The number of hydrogen-bond acceptors (Lipinski definition) is 2. The van der Waals surface area contributed by atoms with Crippen LogP contribution in [0.5, 0.6) is 5.95 Å². The van der Waals surface area contributed by atoms with Crippen LogP contribution in [-0.4, -0.2) is 6.61 Å². The third kappa shape index (κ3) is 2.76. The zero-order chi connectivity index (χ0) is 9.90. The molecule has 13 heavy (non-hydrogen) atoms. The molecule has 0 aliphatic heterocycles. The molecule has 0 bridgehead atoms. The summed E-state index contributed by atoms with van der Waals surface area (Å²) < 4.78 is 12.6. The molecule has 0 aliphatic carbocycles. The highest BCUT2D eigenvalue weighted by atomic mass is 16.6. The zero-order valence-corrected chi connectivity index (χ0v) is 8.83. The second kappa shape index (κ2) is 3.81. The first-order chi connectivity index (χ1) is 6.04. The standard InChI is InChI=1S/C10H18NO2/c1-5-6-12-9-7-11(8-13-9)10(2,3)4/h7-8H,5-6H2,1-4H3/q+1. The highest BCUT2D eigenvalue weighted by Gasteiger charge is 2.24. The van der Waals surface area contributed by atoms with Crippen molar-refractivity contribution >= 4 is 0 Å². The van der Waals surface area contributed by atoms with Crippen LogP contribution < -0.4 is 9.30 Å². The van der Waals surface area contributed by atoms with E-state index in [1.807, 2.05) is 10.8 Å². The molecule has 3 heteroatoms. The van der Waals surface area contributed by atoms with Crippen LogP contribution in [0.2, 0.25) is 0 Å². The van der Waals surface area contributed by atoms with E-state index in [0.717, 1.165) is 6.42 Å². The number of nitrogens with zero attached hydrogens (tertiary/aromatic N) is 1. The summed E-state index contributed by atoms with van der Waals surface area (Å²) >= 11 is 0. The lowest BCUT2D eigenvalue weighted by molar-refractivity contribution is -0.756. The van der Waals surface area contributed by atoms with Crippen LogP contribution in [0, 0.1) is 0 Å². The Labute approximate surface area is 79.3 Å². The molecule has 1 heterocycles. The van der Waals surface area contributed by atoms with E-state index in [-0.39, 0.29) is 5.54 Å². The summed E-state index contributed by atoms with van der Waals surface area (Å²) in [6.45, 7) is 9.13. The Morgan fingerprint density at radius 3 is 2.62 bits per heavy atom. The van der Waals surface area contributed by atoms with E-state index in [2.05, 4.69) is 27.7 Å². The largest absolute Gasteiger partial charge is 0.461 e. The molecule has 0 radical (unpaired) electrons. The molecule has 1 aromatic heterocycles. The summed E-state index contributed by atoms with van der Waals surface area (Å²) in [5.41, 5.74) is 0.0529. The van der Waals surface area contributed by atoms with Gasteiger partial charge in [0.1, 0.15) is 0 Å². The van der Waals surface area contributed by atoms with Crippen molar-refractivity contribution in [1.82, 2.24) is 0 Å². The first-order valence-electron chi connectivity index (χ1n) is 4.67. The predicted molar refractivity (Wildman–Crippen MR) is 49.7 cm³/mol. The molecule has 0 aliphatic rings. The van der Waals surface area contributed by atoms with E-state index in [4.69, 9.17) is 9.15 Å². The number of ether oxygens (including phenoxy) is 1. The monoisotopic (exact) mass is 184 g/mol. The molecule has 0 saturated carbocycles. The van der Waals surface area contributed by atoms with Crippen LogP contribution in [0.1, 0.15) is 34.1 Å². The smallest absolute Gasteiger partial charge is 0.356 e. The van der Waals surface area contributed by atoms with E-state index in [9.17, 15) is 0 Å². The van der Waals surface area contributed by atoms with Gasteiger partial charge in [-0.1, -0.05) is 6.92 Å². The number of aromatic nitrogens is 1. The van der Waals surface area contributed by atoms with E-state index >= 15 is 0 Å². The lowest BCUT2D eigenvalue weighted by Crippen LogP contribution is -2.48. The normalized spacial score (nSPS) is 11.7. The fourth-order valence-electron chi connectivity index (χ4n) is 0.909. The second-order valence-electron chi connectivity index (χ2n) is 4.10. The van der Waals surface area contributed by atoms with Gasteiger partial charge in [0.2, 0.25) is 0 Å². The van der Waals surface area contributed by atoms with Gasteiger partial charge in [-0.15, -0.1) is 0 Å². The van der Waals surface area contributed by atoms with Crippen LogP contribution >= 0.6 is 0 Å². The van der Waals surface area contributed by atoms with Crippen molar-refractivity contribution in [1.29, 1.82) is 0 Å². The van der Waals surface area contributed by atoms with Gasteiger partial charge in [-0.05, 0) is 6.42 Å². The Kier molecular flexibility index (Phi) is 2.96. The van der Waals surface area contributed by atoms with Crippen molar-refractivity contribution < 1.29 is 13.7 Å². The molecular weight excluding hydrogens is 166 g/mol. The molecule has 0 unspecified atom stereocenters. The molecule has 0 atom stereocenters. The van der Waals surface area contributed by atoms with Crippen molar-refractivity contribution in [3.8, 4) is 5.95 Å². The maximum absolute atomic E-state index is 5.34. The van der Waals surface area contributed by atoms with E-state index in [0.29, 0.717) is 12.6 Å². The minimum Gasteiger partial charge on any atom is -0.461 e. The van der Waals surface area contributed by atoms with Crippen molar-refractivity contribution in [3.63, 3.8) is 0 Å². The molecule has 1 rings (SSSR count). The van der Waals surface area contributed by atoms with Crippen LogP contribution in [0.4, 0.5) is 0 Å². The molecule has 3 nitrogen and oxygen atoms in total. The number of hydrogen-bond donors (Lipinski definition) is 0. The summed E-state index contributed by atoms with van der Waals surface area (Å²) in [6.07, 6.45) is 4.57. The predicted octanol–water partition coefficient (Wildman–Crippen LogP) is 2.11. The van der Waals surface area contributed by atoms with Gasteiger partial charge in [0.25, 0.3) is 6.20 Å². The van der Waals surface area contributed by atoms with Crippen LogP contribution in [0.3, 0.4) is 0 Å². The summed E-state index contributed by atoms with van der Waals surface area (Å²) in [4.78, 5) is 0. The number of rotatable bonds is 3. The lowest BCUT2D eigenvalue weighted by atomic mass is 10.1. The van der Waals surface area contributed by atoms with Gasteiger partial charge in [-0.3, -0.25) is 0 Å². The van der Waals surface area contributed by atoms with Crippen LogP contribution in [0.15, 0.2) is 17.0 Å². The van der Waals surface area contributed by atoms with Gasteiger partial charge in [-0.2, -0.15) is 4.57 Å². The molecule has 0 spiro atoms. The lowest BCUT2D eigenvalue weighted by Gasteiger charge is -2.07. The van der Waals surface area contributed by atoms with Crippen molar-refractivity contribution in [3.05, 3.63) is 12.6 Å². The molecule has 0 amide bonds. The van der Waals surface area contributed by atoms with Crippen LogP contribution in [0.25, 0.3) is 0 Å². The molecule has 0 N–H and O–H groups in total. The average Bonchev–Trinajstić information content (AvgIpc) is 2.47. The summed E-state index contributed by atoms with van der Waals surface area (Å²) in [5.74, 6) is 0.594. The Morgan fingerprint density at radius 2 is 2.15 bits per heavy atom. The quantitative estimate of drug-likeness (QED) is 0.672. The number of oxazole rings is 1.